The van der Waals surface area contributed by atoms with Gasteiger partial charge >= 0.3 is 0 Å². The predicted molar refractivity (Wildman–Crippen MR) is 159 cm³/mol. The summed E-state index contributed by atoms with van der Waals surface area (Å²) in [5, 5.41) is 0. The van der Waals surface area contributed by atoms with Crippen LogP contribution >= 0.6 is 0 Å². The first-order valence-electron chi connectivity index (χ1n) is 15.0. The SMILES string of the molecule is C=C1C=CC2(C)C(=C1)CCC1C2=CCC(C)C2(CCCCC)C1CC(/C(C)=C/C=C\C)C2C(=C)CC. The van der Waals surface area contributed by atoms with Gasteiger partial charge in [0.25, 0.3) is 0 Å². The molecular formula is C36H52. The second-order valence-corrected chi connectivity index (χ2v) is 12.7. The van der Waals surface area contributed by atoms with Crippen molar-refractivity contribution < 1.29 is 0 Å². The highest BCUT2D eigenvalue weighted by atomic mass is 14.7. The van der Waals surface area contributed by atoms with Gasteiger partial charge in [-0.2, -0.15) is 0 Å². The molecule has 0 spiro atoms. The Hall–Kier alpha value is -1.82. The third kappa shape index (κ3) is 4.41. The molecule has 36 heavy (non-hydrogen) atoms. The highest BCUT2D eigenvalue weighted by molar-refractivity contribution is 5.50. The molecule has 0 bridgehead atoms. The minimum atomic E-state index is 0.0779. The van der Waals surface area contributed by atoms with E-state index in [9.17, 15) is 0 Å². The van der Waals surface area contributed by atoms with Crippen molar-refractivity contribution in [2.24, 2.45) is 40.4 Å². The van der Waals surface area contributed by atoms with Crippen LogP contribution in [0.4, 0.5) is 0 Å². The number of allylic oxidation sites excluding steroid dienone is 12. The van der Waals surface area contributed by atoms with Gasteiger partial charge in [0.05, 0.1) is 0 Å². The van der Waals surface area contributed by atoms with Crippen molar-refractivity contribution in [1.29, 1.82) is 0 Å². The largest absolute Gasteiger partial charge is 0.0995 e. The van der Waals surface area contributed by atoms with Gasteiger partial charge < -0.3 is 0 Å². The number of rotatable bonds is 8. The summed E-state index contributed by atoms with van der Waals surface area (Å²) in [4.78, 5) is 0. The zero-order valence-electron chi connectivity index (χ0n) is 24.2. The maximum Gasteiger partial charge on any atom is 0.0281 e. The zero-order chi connectivity index (χ0) is 26.1. The van der Waals surface area contributed by atoms with Gasteiger partial charge in [-0.1, -0.05) is 118 Å². The van der Waals surface area contributed by atoms with E-state index in [-0.39, 0.29) is 5.41 Å². The lowest BCUT2D eigenvalue weighted by Crippen LogP contribution is -2.44. The summed E-state index contributed by atoms with van der Waals surface area (Å²) < 4.78 is 0. The average molecular weight is 485 g/mol. The molecule has 0 saturated heterocycles. The summed E-state index contributed by atoms with van der Waals surface area (Å²) in [5.74, 6) is 3.32. The van der Waals surface area contributed by atoms with Crippen molar-refractivity contribution in [1.82, 2.24) is 0 Å². The van der Waals surface area contributed by atoms with E-state index in [0.717, 1.165) is 12.3 Å². The van der Waals surface area contributed by atoms with Gasteiger partial charge in [-0.15, -0.1) is 0 Å². The Balaban J connectivity index is 1.86. The lowest BCUT2D eigenvalue weighted by molar-refractivity contribution is 0.0285. The molecule has 4 aliphatic rings. The molecule has 0 heterocycles. The lowest BCUT2D eigenvalue weighted by Gasteiger charge is -2.51. The number of unbranched alkanes of at least 4 members (excludes halogenated alkanes) is 2. The van der Waals surface area contributed by atoms with Crippen LogP contribution < -0.4 is 0 Å². The molecule has 4 aliphatic carbocycles. The van der Waals surface area contributed by atoms with E-state index in [2.05, 4.69) is 90.7 Å². The summed E-state index contributed by atoms with van der Waals surface area (Å²) in [6.45, 7) is 23.4. The molecule has 7 unspecified atom stereocenters. The minimum absolute atomic E-state index is 0.0779. The second-order valence-electron chi connectivity index (χ2n) is 12.7. The average Bonchev–Trinajstić information content (AvgIpc) is 3.16. The Kier molecular flexibility index (Phi) is 8.23. The van der Waals surface area contributed by atoms with Gasteiger partial charge in [-0.3, -0.25) is 0 Å². The quantitative estimate of drug-likeness (QED) is 0.182. The third-order valence-corrected chi connectivity index (χ3v) is 10.9. The highest BCUT2D eigenvalue weighted by Crippen LogP contribution is 2.69. The van der Waals surface area contributed by atoms with Crippen LogP contribution in [0.3, 0.4) is 0 Å². The minimum Gasteiger partial charge on any atom is -0.0995 e. The fourth-order valence-corrected chi connectivity index (χ4v) is 8.99. The standard InChI is InChI=1S/C36H52/c1-9-12-14-21-36-28(7)16-19-32-30(18-17-29-23-25(4)20-22-35(29,32)8)33(36)24-31(27(6)15-13-10-2)34(36)26(5)11-3/h10,13,15,19-20,22-23,28,30-31,33-34H,4-5,9,11-12,14,16-18,21,24H2,1-3,6-8H3/b13-10-,27-15+. The van der Waals surface area contributed by atoms with E-state index >= 15 is 0 Å². The molecule has 0 radical (unpaired) electrons. The van der Waals surface area contributed by atoms with E-state index in [0.29, 0.717) is 29.1 Å². The summed E-state index contributed by atoms with van der Waals surface area (Å²) in [5.41, 5.74) is 8.01. The smallest absolute Gasteiger partial charge is 0.0281 e. The Morgan fingerprint density at radius 1 is 1.22 bits per heavy atom. The normalized spacial score (nSPS) is 38.2. The van der Waals surface area contributed by atoms with Crippen molar-refractivity contribution in [2.45, 2.75) is 99.3 Å². The summed E-state index contributed by atoms with van der Waals surface area (Å²) in [6, 6.07) is 0. The predicted octanol–water partition coefficient (Wildman–Crippen LogP) is 10.7. The molecule has 4 rings (SSSR count). The van der Waals surface area contributed by atoms with E-state index < -0.39 is 0 Å². The molecule has 0 heteroatoms. The van der Waals surface area contributed by atoms with E-state index in [1.54, 1.807) is 16.7 Å². The third-order valence-electron chi connectivity index (χ3n) is 10.9. The van der Waals surface area contributed by atoms with Crippen LogP contribution in [0.5, 0.6) is 0 Å². The molecule has 0 aromatic rings. The Morgan fingerprint density at radius 2 is 2.00 bits per heavy atom. The van der Waals surface area contributed by atoms with Gasteiger partial charge in [0.2, 0.25) is 0 Å². The first-order chi connectivity index (χ1) is 17.2. The summed E-state index contributed by atoms with van der Waals surface area (Å²) in [6.07, 6.45) is 28.3. The number of hydrogen-bond donors (Lipinski definition) is 0. The van der Waals surface area contributed by atoms with Gasteiger partial charge in [0, 0.05) is 5.41 Å². The van der Waals surface area contributed by atoms with E-state index in [1.807, 2.05) is 0 Å². The van der Waals surface area contributed by atoms with Crippen LogP contribution in [0.2, 0.25) is 0 Å². The Bertz CT molecular complexity index is 1010. The molecule has 0 aromatic carbocycles. The number of fused-ring (bicyclic) bond motifs is 5. The first-order valence-corrected chi connectivity index (χ1v) is 15.0. The van der Waals surface area contributed by atoms with Crippen LogP contribution in [0.15, 0.2) is 83.6 Å². The van der Waals surface area contributed by atoms with Gasteiger partial charge in [-0.05, 0) is 99.9 Å². The van der Waals surface area contributed by atoms with Crippen molar-refractivity contribution in [3.8, 4) is 0 Å². The first kappa shape index (κ1) is 27.2. The van der Waals surface area contributed by atoms with E-state index in [4.69, 9.17) is 6.58 Å². The van der Waals surface area contributed by atoms with Crippen LogP contribution in [-0.4, -0.2) is 0 Å². The molecule has 0 amide bonds. The molecule has 0 aliphatic heterocycles. The molecule has 2 fully saturated rings. The molecule has 196 valence electrons. The lowest BCUT2D eigenvalue weighted by atomic mass is 9.53. The fraction of sp³-hybridized carbons (Fsp3) is 0.611. The highest BCUT2D eigenvalue weighted by Gasteiger charge is 2.61. The van der Waals surface area contributed by atoms with E-state index in [1.165, 1.54) is 62.5 Å². The summed E-state index contributed by atoms with van der Waals surface area (Å²) in [7, 11) is 0. The van der Waals surface area contributed by atoms with Crippen LogP contribution in [0, 0.1) is 40.4 Å². The zero-order valence-corrected chi connectivity index (χ0v) is 24.2. The second kappa shape index (κ2) is 10.9. The Morgan fingerprint density at radius 3 is 2.69 bits per heavy atom. The van der Waals surface area contributed by atoms with Crippen LogP contribution in [-0.2, 0) is 0 Å². The van der Waals surface area contributed by atoms with Crippen molar-refractivity contribution >= 4 is 0 Å². The van der Waals surface area contributed by atoms with Gasteiger partial charge in [-0.25, -0.2) is 0 Å². The van der Waals surface area contributed by atoms with Crippen molar-refractivity contribution in [3.05, 3.63) is 83.6 Å². The maximum atomic E-state index is 4.80. The molecule has 0 N–H and O–H groups in total. The topological polar surface area (TPSA) is 0 Å². The van der Waals surface area contributed by atoms with Crippen molar-refractivity contribution in [3.63, 3.8) is 0 Å². The van der Waals surface area contributed by atoms with Crippen LogP contribution in [0.1, 0.15) is 99.3 Å². The molecule has 7 atom stereocenters. The molecule has 0 nitrogen and oxygen atoms in total. The molecule has 0 aromatic heterocycles. The summed E-state index contributed by atoms with van der Waals surface area (Å²) >= 11 is 0. The van der Waals surface area contributed by atoms with Crippen LogP contribution in [0.25, 0.3) is 0 Å². The molecular weight excluding hydrogens is 432 g/mol. The maximum absolute atomic E-state index is 4.80. The van der Waals surface area contributed by atoms with Crippen molar-refractivity contribution in [2.75, 3.05) is 0 Å². The van der Waals surface area contributed by atoms with Gasteiger partial charge in [0.1, 0.15) is 0 Å². The number of hydrogen-bond acceptors (Lipinski definition) is 0. The Labute approximate surface area is 223 Å². The molecule has 2 saturated carbocycles. The van der Waals surface area contributed by atoms with Gasteiger partial charge in [0.15, 0.2) is 0 Å². The monoisotopic (exact) mass is 484 g/mol. The fourth-order valence-electron chi connectivity index (χ4n) is 8.99.